The smallest absolute Gasteiger partial charge is 0.123 e. The molecule has 0 saturated heterocycles. The Morgan fingerprint density at radius 1 is 0.696 bits per heavy atom. The molecule has 0 rings (SSSR count). The van der Waals surface area contributed by atoms with Gasteiger partial charge in [-0.15, -0.1) is 0 Å². The fraction of sp³-hybridized carbons (Fsp3) is 0.591. The summed E-state index contributed by atoms with van der Waals surface area (Å²) < 4.78 is 0. The van der Waals surface area contributed by atoms with Crippen LogP contribution in [0.5, 0.6) is 0 Å². The molecule has 1 nitrogen and oxygen atoms in total. The maximum atomic E-state index is 11.3. The number of carbonyl (C=O) groups excluding carboxylic acids is 1. The fourth-order valence-corrected chi connectivity index (χ4v) is 2.29. The molecular formula is C22H36O. The van der Waals surface area contributed by atoms with Crippen LogP contribution in [0, 0.1) is 5.92 Å². The zero-order valence-corrected chi connectivity index (χ0v) is 16.1. The van der Waals surface area contributed by atoms with Crippen molar-refractivity contribution in [2.75, 3.05) is 0 Å². The highest BCUT2D eigenvalue weighted by molar-refractivity contribution is 5.54. The molecule has 0 aromatic heterocycles. The minimum Gasteiger partial charge on any atom is -0.303 e. The fourth-order valence-electron chi connectivity index (χ4n) is 2.29. The van der Waals surface area contributed by atoms with Gasteiger partial charge in [0.1, 0.15) is 6.29 Å². The van der Waals surface area contributed by atoms with Crippen molar-refractivity contribution >= 4 is 6.29 Å². The highest BCUT2D eigenvalue weighted by Crippen LogP contribution is 2.15. The van der Waals surface area contributed by atoms with E-state index in [-0.39, 0.29) is 5.92 Å². The van der Waals surface area contributed by atoms with Crippen molar-refractivity contribution < 1.29 is 4.79 Å². The Morgan fingerprint density at radius 3 is 1.39 bits per heavy atom. The number of aldehydes is 1. The Kier molecular flexibility index (Phi) is 12.3. The Balaban J connectivity index is 4.26. The van der Waals surface area contributed by atoms with Crippen LogP contribution in [0.4, 0.5) is 0 Å². The molecule has 0 aromatic rings. The minimum atomic E-state index is 0.117. The maximum Gasteiger partial charge on any atom is 0.123 e. The molecule has 1 heteroatoms. The van der Waals surface area contributed by atoms with Gasteiger partial charge in [0.2, 0.25) is 0 Å². The van der Waals surface area contributed by atoms with E-state index in [1.54, 1.807) is 0 Å². The molecule has 0 heterocycles. The van der Waals surface area contributed by atoms with Gasteiger partial charge in [0.05, 0.1) is 0 Å². The molecule has 0 aliphatic rings. The molecule has 0 N–H and O–H groups in total. The lowest BCUT2D eigenvalue weighted by molar-refractivity contribution is -0.110. The van der Waals surface area contributed by atoms with Crippen LogP contribution in [0.3, 0.4) is 0 Å². The topological polar surface area (TPSA) is 17.1 Å². The van der Waals surface area contributed by atoms with Crippen molar-refractivity contribution in [1.82, 2.24) is 0 Å². The van der Waals surface area contributed by atoms with Crippen molar-refractivity contribution in [1.29, 1.82) is 0 Å². The van der Waals surface area contributed by atoms with Gasteiger partial charge in [0, 0.05) is 5.92 Å². The lowest BCUT2D eigenvalue weighted by Gasteiger charge is -2.07. The first-order valence-electron chi connectivity index (χ1n) is 8.88. The molecule has 0 saturated carbocycles. The van der Waals surface area contributed by atoms with E-state index in [1.807, 2.05) is 0 Å². The summed E-state index contributed by atoms with van der Waals surface area (Å²) >= 11 is 0. The van der Waals surface area contributed by atoms with Gasteiger partial charge in [-0.25, -0.2) is 0 Å². The van der Waals surface area contributed by atoms with Crippen LogP contribution in [0.25, 0.3) is 0 Å². The second-order valence-corrected chi connectivity index (χ2v) is 7.11. The molecule has 0 bridgehead atoms. The highest BCUT2D eigenvalue weighted by Gasteiger charge is 2.04. The molecule has 0 aliphatic heterocycles. The second-order valence-electron chi connectivity index (χ2n) is 7.11. The number of hydrogen-bond donors (Lipinski definition) is 0. The van der Waals surface area contributed by atoms with Gasteiger partial charge in [0.15, 0.2) is 0 Å². The summed E-state index contributed by atoms with van der Waals surface area (Å²) in [6, 6.07) is 0. The van der Waals surface area contributed by atoms with Gasteiger partial charge in [-0.05, 0) is 80.1 Å². The molecule has 0 atom stereocenters. The molecule has 0 radical (unpaired) electrons. The van der Waals surface area contributed by atoms with Crippen LogP contribution in [0.15, 0.2) is 46.6 Å². The average Bonchev–Trinajstić information content (AvgIpc) is 2.46. The Bertz CT molecular complexity index is 412. The van der Waals surface area contributed by atoms with E-state index in [0.29, 0.717) is 0 Å². The molecule has 130 valence electrons. The van der Waals surface area contributed by atoms with Gasteiger partial charge in [0.25, 0.3) is 0 Å². The van der Waals surface area contributed by atoms with Crippen molar-refractivity contribution in [3.05, 3.63) is 46.6 Å². The van der Waals surface area contributed by atoms with Gasteiger partial charge < -0.3 is 4.79 Å². The van der Waals surface area contributed by atoms with E-state index in [2.05, 4.69) is 65.8 Å². The monoisotopic (exact) mass is 316 g/mol. The number of allylic oxidation sites excluding steroid dienone is 8. The van der Waals surface area contributed by atoms with Crippen LogP contribution in [0.2, 0.25) is 0 Å². The molecule has 0 fully saturated rings. The van der Waals surface area contributed by atoms with E-state index < -0.39 is 0 Å². The Labute approximate surface area is 144 Å². The van der Waals surface area contributed by atoms with Crippen LogP contribution in [-0.2, 0) is 4.79 Å². The van der Waals surface area contributed by atoms with Crippen LogP contribution in [-0.4, -0.2) is 6.29 Å². The van der Waals surface area contributed by atoms with E-state index >= 15 is 0 Å². The van der Waals surface area contributed by atoms with E-state index in [9.17, 15) is 4.79 Å². The standard InChI is InChI=1S/C22H36O/c1-18(2)9-7-11-20(5)13-15-22(17-23)16-14-21(6)12-8-10-19(3)4/h9-10,13-14,17,22H,7-8,11-12,15-16H2,1-6H3. The average molecular weight is 317 g/mol. The SMILES string of the molecule is CC(C)=CCCC(C)=CCC(C=O)CC=C(C)CCC=C(C)C. The third-order valence-corrected chi connectivity index (χ3v) is 3.91. The lowest BCUT2D eigenvalue weighted by atomic mass is 9.98. The number of carbonyl (C=O) groups is 1. The molecule has 0 aromatic carbocycles. The molecular weight excluding hydrogens is 280 g/mol. The van der Waals surface area contributed by atoms with Crippen molar-refractivity contribution in [3.63, 3.8) is 0 Å². The maximum absolute atomic E-state index is 11.3. The van der Waals surface area contributed by atoms with Crippen LogP contribution < -0.4 is 0 Å². The van der Waals surface area contributed by atoms with Gasteiger partial charge in [-0.1, -0.05) is 46.6 Å². The zero-order valence-electron chi connectivity index (χ0n) is 16.1. The normalized spacial score (nSPS) is 13.5. The number of hydrogen-bond acceptors (Lipinski definition) is 1. The molecule has 0 unspecified atom stereocenters. The quantitative estimate of drug-likeness (QED) is 0.297. The molecule has 0 amide bonds. The van der Waals surface area contributed by atoms with E-state index in [0.717, 1.165) is 44.8 Å². The van der Waals surface area contributed by atoms with Crippen LogP contribution in [0.1, 0.15) is 80.1 Å². The van der Waals surface area contributed by atoms with Gasteiger partial charge in [-0.3, -0.25) is 0 Å². The molecule has 0 spiro atoms. The predicted molar refractivity (Wildman–Crippen MR) is 104 cm³/mol. The Morgan fingerprint density at radius 2 is 1.09 bits per heavy atom. The third-order valence-electron chi connectivity index (χ3n) is 3.91. The number of rotatable bonds is 11. The summed E-state index contributed by atoms with van der Waals surface area (Å²) in [5.74, 6) is 0.117. The molecule has 23 heavy (non-hydrogen) atoms. The largest absolute Gasteiger partial charge is 0.303 e. The van der Waals surface area contributed by atoms with Gasteiger partial charge >= 0.3 is 0 Å². The van der Waals surface area contributed by atoms with Gasteiger partial charge in [-0.2, -0.15) is 0 Å². The summed E-state index contributed by atoms with van der Waals surface area (Å²) in [7, 11) is 0. The van der Waals surface area contributed by atoms with E-state index in [4.69, 9.17) is 0 Å². The van der Waals surface area contributed by atoms with E-state index in [1.165, 1.54) is 22.3 Å². The molecule has 0 aliphatic carbocycles. The van der Waals surface area contributed by atoms with Crippen LogP contribution >= 0.6 is 0 Å². The van der Waals surface area contributed by atoms with Crippen molar-refractivity contribution in [3.8, 4) is 0 Å². The summed E-state index contributed by atoms with van der Waals surface area (Å²) in [6.45, 7) is 12.9. The van der Waals surface area contributed by atoms with Crippen molar-refractivity contribution in [2.45, 2.75) is 80.1 Å². The zero-order chi connectivity index (χ0) is 17.7. The highest BCUT2D eigenvalue weighted by atomic mass is 16.1. The Hall–Kier alpha value is -1.37. The predicted octanol–water partition coefficient (Wildman–Crippen LogP) is 6.97. The first-order valence-corrected chi connectivity index (χ1v) is 8.88. The first kappa shape index (κ1) is 21.6. The minimum absolute atomic E-state index is 0.117. The lowest BCUT2D eigenvalue weighted by Crippen LogP contribution is -1.99. The summed E-state index contributed by atoms with van der Waals surface area (Å²) in [5, 5.41) is 0. The summed E-state index contributed by atoms with van der Waals surface area (Å²) in [6.07, 6.45) is 16.2. The third kappa shape index (κ3) is 14.0. The summed E-state index contributed by atoms with van der Waals surface area (Å²) in [4.78, 5) is 11.3. The second kappa shape index (κ2) is 13.1. The summed E-state index contributed by atoms with van der Waals surface area (Å²) in [5.41, 5.74) is 5.52. The van der Waals surface area contributed by atoms with Crippen molar-refractivity contribution in [2.24, 2.45) is 5.92 Å². The first-order chi connectivity index (χ1) is 10.8.